The summed E-state index contributed by atoms with van der Waals surface area (Å²) < 4.78 is 16.7. The molecular weight excluding hydrogens is 588 g/mol. The lowest BCUT2D eigenvalue weighted by atomic mass is 9.61. The Kier molecular flexibility index (Phi) is 12.3. The molecule has 6 rings (SSSR count). The van der Waals surface area contributed by atoms with Gasteiger partial charge in [-0.15, -0.1) is 0 Å². The molecular formula is C41H70O6. The van der Waals surface area contributed by atoms with Crippen molar-refractivity contribution in [2.45, 2.75) is 141 Å². The molecule has 3 aliphatic heterocycles. The van der Waals surface area contributed by atoms with E-state index in [1.54, 1.807) is 0 Å². The van der Waals surface area contributed by atoms with Gasteiger partial charge in [-0.05, 0) is 96.7 Å². The number of carbonyl (C=O) groups is 3. The molecule has 3 saturated heterocycles. The highest BCUT2D eigenvalue weighted by atomic mass is 16.6. The third kappa shape index (κ3) is 7.62. The summed E-state index contributed by atoms with van der Waals surface area (Å²) in [5, 5.41) is 0. The lowest BCUT2D eigenvalue weighted by molar-refractivity contribution is -0.146. The molecule has 0 amide bonds. The molecule has 0 aromatic heterocycles. The van der Waals surface area contributed by atoms with E-state index >= 15 is 0 Å². The number of hydrogen-bond donors (Lipinski definition) is 0. The summed E-state index contributed by atoms with van der Waals surface area (Å²) in [4.78, 5) is 35.5. The van der Waals surface area contributed by atoms with E-state index in [-0.39, 0.29) is 54.0 Å². The molecule has 0 N–H and O–H groups in total. The van der Waals surface area contributed by atoms with Gasteiger partial charge in [0.05, 0.1) is 17.8 Å². The van der Waals surface area contributed by atoms with E-state index in [0.717, 1.165) is 12.8 Å². The highest BCUT2D eigenvalue weighted by Crippen LogP contribution is 2.52. The molecule has 6 fully saturated rings. The summed E-state index contributed by atoms with van der Waals surface area (Å²) in [5.74, 6) is 8.65. The van der Waals surface area contributed by atoms with Gasteiger partial charge >= 0.3 is 17.9 Å². The largest absolute Gasteiger partial charge is 0.462 e. The van der Waals surface area contributed by atoms with Crippen LogP contribution in [-0.4, -0.2) is 36.2 Å². The fraction of sp³-hybridized carbons (Fsp3) is 0.927. The van der Waals surface area contributed by atoms with Crippen LogP contribution in [0.1, 0.15) is 123 Å². The summed E-state index contributed by atoms with van der Waals surface area (Å²) in [7, 11) is 0. The Morgan fingerprint density at radius 1 is 0.447 bits per heavy atom. The first-order valence-corrected chi connectivity index (χ1v) is 19.5. The predicted molar refractivity (Wildman–Crippen MR) is 187 cm³/mol. The van der Waals surface area contributed by atoms with E-state index in [0.29, 0.717) is 82.9 Å². The molecule has 14 unspecified atom stereocenters. The second kappa shape index (κ2) is 15.1. The van der Waals surface area contributed by atoms with Crippen molar-refractivity contribution in [1.29, 1.82) is 0 Å². The maximum Gasteiger partial charge on any atom is 0.309 e. The molecule has 0 spiro atoms. The van der Waals surface area contributed by atoms with Crippen LogP contribution in [0.25, 0.3) is 0 Å². The average Bonchev–Trinajstić information content (AvgIpc) is 3.50. The molecule has 47 heavy (non-hydrogen) atoms. The van der Waals surface area contributed by atoms with Crippen molar-refractivity contribution >= 4 is 17.9 Å². The summed E-state index contributed by atoms with van der Waals surface area (Å²) in [5.41, 5.74) is 0. The molecule has 14 atom stereocenters. The number of esters is 3. The van der Waals surface area contributed by atoms with Gasteiger partial charge < -0.3 is 14.2 Å². The van der Waals surface area contributed by atoms with Gasteiger partial charge in [-0.2, -0.15) is 0 Å². The molecule has 6 bridgehead atoms. The summed E-state index contributed by atoms with van der Waals surface area (Å²) >= 11 is 0. The summed E-state index contributed by atoms with van der Waals surface area (Å²) in [6.45, 7) is 31.4. The van der Waals surface area contributed by atoms with Crippen molar-refractivity contribution in [2.75, 3.05) is 0 Å². The van der Waals surface area contributed by atoms with Crippen LogP contribution in [0.3, 0.4) is 0 Å². The minimum Gasteiger partial charge on any atom is -0.462 e. The topological polar surface area (TPSA) is 78.9 Å². The molecule has 0 aromatic carbocycles. The molecule has 3 aliphatic carbocycles. The fourth-order valence-electron chi connectivity index (χ4n) is 11.3. The minimum absolute atomic E-state index is 0.0682. The third-order valence-electron chi connectivity index (χ3n) is 13.8. The van der Waals surface area contributed by atoms with Crippen LogP contribution in [0.15, 0.2) is 0 Å². The summed E-state index contributed by atoms with van der Waals surface area (Å²) in [6, 6.07) is 0. The van der Waals surface area contributed by atoms with Crippen molar-refractivity contribution < 1.29 is 28.6 Å². The Hall–Kier alpha value is -1.59. The minimum atomic E-state index is 0.0682. The summed E-state index contributed by atoms with van der Waals surface area (Å²) in [6.07, 6.45) is 4.89. The van der Waals surface area contributed by atoms with E-state index in [2.05, 4.69) is 96.9 Å². The number of hydrogen-bond acceptors (Lipinski definition) is 6. The first-order chi connectivity index (χ1) is 21.9. The molecule has 6 heteroatoms. The Morgan fingerprint density at radius 2 is 0.915 bits per heavy atom. The van der Waals surface area contributed by atoms with Crippen LogP contribution in [0.2, 0.25) is 0 Å². The van der Waals surface area contributed by atoms with E-state index in [1.165, 1.54) is 12.8 Å². The van der Waals surface area contributed by atoms with E-state index in [1.807, 2.05) is 0 Å². The van der Waals surface area contributed by atoms with Crippen molar-refractivity contribution in [2.24, 2.45) is 101 Å². The van der Waals surface area contributed by atoms with Crippen molar-refractivity contribution in [3.8, 4) is 0 Å². The standard InChI is InChI=1S/2C14H24O2.C13H22O2/c1-7(2)12-9(5)13(8(3)4)11-6-10(12)14(15)16-11;1-7(2)10-6-11(8(3)4)13-9(5)12(10)14(15)16-13;1-7(2)9-5-10(8(3)4)12-6-11(9)13(14)15-12/h2*7-13H,6H2,1-5H3;7-12H,5-6H2,1-4H3. The van der Waals surface area contributed by atoms with E-state index < -0.39 is 0 Å². The van der Waals surface area contributed by atoms with Gasteiger partial charge in [-0.25, -0.2) is 0 Å². The molecule has 3 heterocycles. The van der Waals surface area contributed by atoms with Crippen LogP contribution in [0.5, 0.6) is 0 Å². The molecule has 6 nitrogen and oxygen atoms in total. The maximum absolute atomic E-state index is 11.9. The Labute approximate surface area is 287 Å². The lowest BCUT2D eigenvalue weighted by Crippen LogP contribution is -2.42. The third-order valence-corrected chi connectivity index (χ3v) is 13.8. The van der Waals surface area contributed by atoms with E-state index in [4.69, 9.17) is 14.2 Å². The van der Waals surface area contributed by atoms with Gasteiger partial charge in [0.15, 0.2) is 0 Å². The monoisotopic (exact) mass is 659 g/mol. The molecule has 270 valence electrons. The van der Waals surface area contributed by atoms with Crippen LogP contribution in [0, 0.1) is 101 Å². The molecule has 3 saturated carbocycles. The second-order valence-corrected chi connectivity index (χ2v) is 18.5. The molecule has 0 aromatic rings. The highest BCUT2D eigenvalue weighted by molar-refractivity contribution is 5.76. The number of rotatable bonds is 6. The zero-order valence-corrected chi connectivity index (χ0v) is 32.3. The van der Waals surface area contributed by atoms with Gasteiger partial charge in [0.25, 0.3) is 0 Å². The van der Waals surface area contributed by atoms with E-state index in [9.17, 15) is 14.4 Å². The lowest BCUT2D eigenvalue weighted by Gasteiger charge is -2.42. The van der Waals surface area contributed by atoms with Gasteiger partial charge in [0, 0.05) is 11.8 Å². The fourth-order valence-corrected chi connectivity index (χ4v) is 11.3. The van der Waals surface area contributed by atoms with Crippen molar-refractivity contribution in [3.63, 3.8) is 0 Å². The molecule has 0 radical (unpaired) electrons. The number of carbonyl (C=O) groups excluding carboxylic acids is 3. The normalized spacial score (nSPS) is 42.0. The SMILES string of the molecule is CC(C)C1C2CC(C(=O)O2)C(C(C)C)C1C.CC(C)C1CC(C(C)C)C2C(=O)OC1C2C.CC(C)C1CC(C(C)C)C2CC1OC2=O. The number of ether oxygens (including phenoxy) is 3. The van der Waals surface area contributed by atoms with Gasteiger partial charge in [0.1, 0.15) is 18.3 Å². The number of fused-ring (bicyclic) bond motifs is 6. The van der Waals surface area contributed by atoms with Crippen LogP contribution in [-0.2, 0) is 28.6 Å². The van der Waals surface area contributed by atoms with Crippen LogP contribution < -0.4 is 0 Å². The van der Waals surface area contributed by atoms with Gasteiger partial charge in [-0.1, -0.05) is 96.9 Å². The Bertz CT molecular complexity index is 1090. The highest BCUT2D eigenvalue weighted by Gasteiger charge is 2.55. The van der Waals surface area contributed by atoms with Gasteiger partial charge in [-0.3, -0.25) is 14.4 Å². The first-order valence-electron chi connectivity index (χ1n) is 19.5. The first kappa shape index (κ1) is 38.2. The molecule has 6 aliphatic rings. The average molecular weight is 659 g/mol. The Morgan fingerprint density at radius 3 is 1.43 bits per heavy atom. The quantitative estimate of drug-likeness (QED) is 0.209. The van der Waals surface area contributed by atoms with Crippen LogP contribution >= 0.6 is 0 Å². The second-order valence-electron chi connectivity index (χ2n) is 18.5. The van der Waals surface area contributed by atoms with Gasteiger partial charge in [0.2, 0.25) is 0 Å². The smallest absolute Gasteiger partial charge is 0.309 e. The van der Waals surface area contributed by atoms with Crippen molar-refractivity contribution in [1.82, 2.24) is 0 Å². The predicted octanol–water partition coefficient (Wildman–Crippen LogP) is 9.09. The zero-order valence-electron chi connectivity index (χ0n) is 32.3. The maximum atomic E-state index is 11.9. The van der Waals surface area contributed by atoms with Crippen LogP contribution in [0.4, 0.5) is 0 Å². The zero-order chi connectivity index (χ0) is 35.2. The Balaban J connectivity index is 0.000000160. The van der Waals surface area contributed by atoms with Crippen molar-refractivity contribution in [3.05, 3.63) is 0 Å².